The lowest BCUT2D eigenvalue weighted by molar-refractivity contribution is -0.151. The summed E-state index contributed by atoms with van der Waals surface area (Å²) in [5.74, 6) is -3.75. The van der Waals surface area contributed by atoms with E-state index in [2.05, 4.69) is 27.6 Å². The van der Waals surface area contributed by atoms with E-state index < -0.39 is 65.2 Å². The van der Waals surface area contributed by atoms with Crippen molar-refractivity contribution in [3.63, 3.8) is 0 Å². The Balaban J connectivity index is 0.936. The Kier molecular flexibility index (Phi) is 11.8. The molecule has 2 fully saturated rings. The number of carbonyl (C=O) groups excluding carboxylic acids is 8. The number of hydrazone groups is 1. The van der Waals surface area contributed by atoms with Crippen LogP contribution in [0.5, 0.6) is 0 Å². The largest absolute Gasteiger partial charge is 0.325 e. The molecule has 3 aliphatic heterocycles. The summed E-state index contributed by atoms with van der Waals surface area (Å²) < 4.78 is 27.5. The fraction of sp³-hybridized carbons (Fsp3) is 0.357. The predicted octanol–water partition coefficient (Wildman–Crippen LogP) is 4.51. The predicted molar refractivity (Wildman–Crippen MR) is 202 cm³/mol. The van der Waals surface area contributed by atoms with Gasteiger partial charge >= 0.3 is 0 Å². The molecule has 0 saturated carbocycles. The zero-order valence-electron chi connectivity index (χ0n) is 31.2. The molecule has 15 heteroatoms. The fourth-order valence-electron chi connectivity index (χ4n) is 7.12. The van der Waals surface area contributed by atoms with E-state index in [0.29, 0.717) is 23.2 Å². The molecule has 2 aromatic rings. The molecule has 4 unspecified atom stereocenters. The van der Waals surface area contributed by atoms with Crippen LogP contribution < -0.4 is 15.6 Å². The van der Waals surface area contributed by atoms with E-state index in [4.69, 9.17) is 0 Å². The van der Waals surface area contributed by atoms with E-state index >= 15 is 0 Å². The number of piperidine rings is 1. The van der Waals surface area contributed by atoms with E-state index in [1.807, 2.05) is 0 Å². The average molecular weight is 780 g/mol. The molecule has 13 nitrogen and oxygen atoms in total. The van der Waals surface area contributed by atoms with Crippen molar-refractivity contribution in [1.82, 2.24) is 10.2 Å². The maximum atomic E-state index is 13.8. The molecule has 2 aromatic carbocycles. The van der Waals surface area contributed by atoms with Gasteiger partial charge < -0.3 is 5.32 Å². The van der Waals surface area contributed by atoms with Crippen LogP contribution in [0.2, 0.25) is 0 Å². The van der Waals surface area contributed by atoms with E-state index in [1.165, 1.54) is 25.1 Å². The van der Waals surface area contributed by atoms with Crippen LogP contribution in [0.4, 0.5) is 20.2 Å². The number of rotatable bonds is 13. The second-order valence-electron chi connectivity index (χ2n) is 14.4. The number of nitrogens with one attached hydrogen (secondary N) is 2. The second kappa shape index (κ2) is 16.7. The Labute approximate surface area is 326 Å². The van der Waals surface area contributed by atoms with Gasteiger partial charge in [-0.2, -0.15) is 10.1 Å². The van der Waals surface area contributed by atoms with Gasteiger partial charge in [-0.05, 0) is 55.7 Å². The minimum Gasteiger partial charge on any atom is -0.325 e. The lowest BCUT2D eigenvalue weighted by Gasteiger charge is -2.28. The number of likely N-dealkylation sites (tertiary alicyclic amines) is 1. The van der Waals surface area contributed by atoms with Crippen molar-refractivity contribution in [2.75, 3.05) is 10.3 Å². The molecule has 6 rings (SSSR count). The van der Waals surface area contributed by atoms with Crippen LogP contribution in [0.25, 0.3) is 0 Å². The van der Waals surface area contributed by atoms with E-state index in [0.717, 1.165) is 22.9 Å². The number of fused-ring (bicyclic) bond motifs is 1. The summed E-state index contributed by atoms with van der Waals surface area (Å²) in [5, 5.41) is 10.1. The van der Waals surface area contributed by atoms with Gasteiger partial charge in [0.2, 0.25) is 29.5 Å². The lowest BCUT2D eigenvalue weighted by Crippen LogP contribution is -2.54. The van der Waals surface area contributed by atoms with E-state index in [9.17, 15) is 47.1 Å². The van der Waals surface area contributed by atoms with Crippen molar-refractivity contribution in [3.8, 4) is 11.8 Å². The molecule has 0 bridgehead atoms. The number of anilines is 2. The third kappa shape index (κ3) is 9.18. The first-order valence-corrected chi connectivity index (χ1v) is 18.5. The van der Waals surface area contributed by atoms with Crippen molar-refractivity contribution < 1.29 is 47.1 Å². The third-order valence-corrected chi connectivity index (χ3v) is 10.1. The number of alkyl halides is 2. The minimum absolute atomic E-state index is 0.0251. The molecule has 0 spiro atoms. The van der Waals surface area contributed by atoms with Gasteiger partial charge in [0.15, 0.2) is 5.92 Å². The van der Waals surface area contributed by atoms with Gasteiger partial charge in [0.05, 0.1) is 23.2 Å². The number of allylic oxidation sites excluding steroid dienone is 2. The second-order valence-corrected chi connectivity index (χ2v) is 14.4. The molecule has 3 heterocycles. The Bertz CT molecular complexity index is 2230. The summed E-state index contributed by atoms with van der Waals surface area (Å²) in [6.45, 7) is 2.28. The van der Waals surface area contributed by atoms with Crippen LogP contribution in [0.1, 0.15) is 76.3 Å². The number of amides is 6. The summed E-state index contributed by atoms with van der Waals surface area (Å²) in [6, 6.07) is 10.8. The maximum Gasteiger partial charge on any atom is 0.270 e. The molecule has 0 radical (unpaired) electrons. The topological polar surface area (TPSA) is 179 Å². The zero-order valence-corrected chi connectivity index (χ0v) is 31.2. The maximum absolute atomic E-state index is 13.8. The highest BCUT2D eigenvalue weighted by molar-refractivity contribution is 6.28. The highest BCUT2D eigenvalue weighted by Crippen LogP contribution is 2.36. The van der Waals surface area contributed by atoms with Crippen LogP contribution in [-0.4, -0.2) is 63.7 Å². The van der Waals surface area contributed by atoms with Gasteiger partial charge in [0, 0.05) is 62.3 Å². The van der Waals surface area contributed by atoms with Crippen molar-refractivity contribution in [2.24, 2.45) is 22.9 Å². The summed E-state index contributed by atoms with van der Waals surface area (Å²) in [7, 11) is 0. The molecule has 4 aliphatic rings. The minimum atomic E-state index is -3.11. The first kappa shape index (κ1) is 40.2. The summed E-state index contributed by atoms with van der Waals surface area (Å²) in [5.41, 5.74) is 1.55. The van der Waals surface area contributed by atoms with Gasteiger partial charge in [-0.15, -0.1) is 0 Å². The van der Waals surface area contributed by atoms with Crippen LogP contribution in [0.3, 0.4) is 0 Å². The van der Waals surface area contributed by atoms with Crippen LogP contribution >= 0.6 is 0 Å². The number of carbonyl (C=O) groups is 8. The van der Waals surface area contributed by atoms with Crippen molar-refractivity contribution in [3.05, 3.63) is 83.5 Å². The molecule has 2 N–H and O–H groups in total. The van der Waals surface area contributed by atoms with Gasteiger partial charge in [0.1, 0.15) is 17.6 Å². The Morgan fingerprint density at radius 2 is 1.68 bits per heavy atom. The number of imide groups is 2. The van der Waals surface area contributed by atoms with Crippen molar-refractivity contribution in [2.45, 2.75) is 77.2 Å². The highest BCUT2D eigenvalue weighted by atomic mass is 19.3. The molecular formula is C42H39F2N5O8. The molecular weight excluding hydrogens is 740 g/mol. The molecule has 4 atom stereocenters. The molecule has 0 aromatic heterocycles. The molecule has 57 heavy (non-hydrogen) atoms. The van der Waals surface area contributed by atoms with Gasteiger partial charge in [-0.1, -0.05) is 48.3 Å². The van der Waals surface area contributed by atoms with Gasteiger partial charge in [-0.25, -0.2) is 8.78 Å². The molecule has 6 amide bonds. The number of nitrogens with zero attached hydrogens (tertiary/aromatic N) is 3. The number of Topliss-reactive ketones (excluding diaryl/α,β-unsaturated/α-hetero) is 2. The smallest absolute Gasteiger partial charge is 0.270 e. The summed E-state index contributed by atoms with van der Waals surface area (Å²) in [6.07, 6.45) is 5.99. The quantitative estimate of drug-likeness (QED) is 0.169. The van der Waals surface area contributed by atoms with Gasteiger partial charge in [0.25, 0.3) is 11.8 Å². The van der Waals surface area contributed by atoms with Crippen LogP contribution in [-0.2, 0) is 44.3 Å². The fourth-order valence-corrected chi connectivity index (χ4v) is 7.12. The van der Waals surface area contributed by atoms with Crippen LogP contribution in [0, 0.1) is 29.6 Å². The highest BCUT2D eigenvalue weighted by Gasteiger charge is 2.51. The Morgan fingerprint density at radius 3 is 2.44 bits per heavy atom. The summed E-state index contributed by atoms with van der Waals surface area (Å²) in [4.78, 5) is 102. The lowest BCUT2D eigenvalue weighted by atomic mass is 9.86. The number of ketones is 2. The van der Waals surface area contributed by atoms with E-state index in [1.54, 1.807) is 42.5 Å². The monoisotopic (exact) mass is 779 g/mol. The number of hydrogen-bond acceptors (Lipinski definition) is 9. The van der Waals surface area contributed by atoms with Gasteiger partial charge in [-0.3, -0.25) is 48.6 Å². The summed E-state index contributed by atoms with van der Waals surface area (Å²) >= 11 is 0. The molecule has 2 saturated heterocycles. The van der Waals surface area contributed by atoms with Crippen LogP contribution in [0.15, 0.2) is 77.4 Å². The average Bonchev–Trinajstić information content (AvgIpc) is 3.59. The number of benzene rings is 2. The van der Waals surface area contributed by atoms with E-state index in [-0.39, 0.29) is 73.5 Å². The molecule has 1 aliphatic carbocycles. The normalized spacial score (nSPS) is 21.7. The number of hydrogen-bond donors (Lipinski definition) is 2. The first-order chi connectivity index (χ1) is 27.1. The Hall–Kier alpha value is -6.43. The zero-order chi connectivity index (χ0) is 41.0. The number of halogens is 2. The first-order valence-electron chi connectivity index (χ1n) is 18.5. The Morgan fingerprint density at radius 1 is 0.947 bits per heavy atom. The standard InChI is InChI=1S/C42H39F2N5O8/c1-24-36(38(54)45-28-11-6-10-27(23-28)42(2,43)44)41(57)49(47-24)29-12-5-9-25(20-29)8-3-4-13-30(50)14-7-15-31(51)21-26-16-17-32-33(22-26)40(56)48(39(32)55)34-18-19-35(52)46-37(34)53/h5-6,9-12,16-17,20,22-23,32-34,36H,4,7,13-15,18-19,21H2,1-2H3,(H,45,54)(H,46,52,53). The third-order valence-electron chi connectivity index (χ3n) is 10.1. The van der Waals surface area contributed by atoms with Crippen molar-refractivity contribution in [1.29, 1.82) is 0 Å². The van der Waals surface area contributed by atoms with Crippen molar-refractivity contribution >= 4 is 64.1 Å². The molecule has 294 valence electrons. The SMILES string of the molecule is CC1=NN(c2cccc(C#CCCC(=O)CCCC(=O)CC3=CC4C(=O)N(C5CCC(=O)NC5=O)C(=O)C4C=C3)c2)C(=O)C1C(=O)Nc1cccc(C(C)(F)F)c1.